The standard InChI is InChI=1S/C11H11F4NO2/c1-6-4-7(12)2-3-9(6)16-5-8(10(17)18)11(13,14)15/h2-4,8,16H,5H2,1H3,(H,17,18). The van der Waals surface area contributed by atoms with E-state index < -0.39 is 30.4 Å². The lowest BCUT2D eigenvalue weighted by atomic mass is 10.1. The lowest BCUT2D eigenvalue weighted by Crippen LogP contribution is -2.36. The Hall–Kier alpha value is -1.79. The number of rotatable bonds is 4. The van der Waals surface area contributed by atoms with Crippen molar-refractivity contribution in [1.82, 2.24) is 0 Å². The quantitative estimate of drug-likeness (QED) is 0.823. The Morgan fingerprint density at radius 1 is 1.44 bits per heavy atom. The highest BCUT2D eigenvalue weighted by molar-refractivity contribution is 5.72. The summed E-state index contributed by atoms with van der Waals surface area (Å²) >= 11 is 0. The Bertz CT molecular complexity index is 445. The maximum Gasteiger partial charge on any atom is 0.403 e. The molecule has 3 nitrogen and oxygen atoms in total. The van der Waals surface area contributed by atoms with Gasteiger partial charge in [0, 0.05) is 12.2 Å². The average molecular weight is 265 g/mol. The van der Waals surface area contributed by atoms with Crippen LogP contribution in [0, 0.1) is 18.7 Å². The molecule has 0 bridgehead atoms. The highest BCUT2D eigenvalue weighted by atomic mass is 19.4. The van der Waals surface area contributed by atoms with E-state index in [2.05, 4.69) is 5.32 Å². The molecule has 100 valence electrons. The van der Waals surface area contributed by atoms with Gasteiger partial charge in [-0.3, -0.25) is 4.79 Å². The molecule has 0 saturated carbocycles. The molecule has 1 unspecified atom stereocenters. The van der Waals surface area contributed by atoms with Gasteiger partial charge in [-0.1, -0.05) is 0 Å². The lowest BCUT2D eigenvalue weighted by molar-refractivity contribution is -0.190. The van der Waals surface area contributed by atoms with E-state index in [-0.39, 0.29) is 5.69 Å². The van der Waals surface area contributed by atoms with Crippen molar-refractivity contribution < 1.29 is 27.5 Å². The fourth-order valence-electron chi connectivity index (χ4n) is 1.38. The normalized spacial score (nSPS) is 13.2. The van der Waals surface area contributed by atoms with Gasteiger partial charge in [0.2, 0.25) is 0 Å². The van der Waals surface area contributed by atoms with Crippen molar-refractivity contribution in [3.8, 4) is 0 Å². The van der Waals surface area contributed by atoms with Gasteiger partial charge < -0.3 is 10.4 Å². The molecule has 0 heterocycles. The molecule has 0 amide bonds. The average Bonchev–Trinajstić information content (AvgIpc) is 2.18. The molecule has 0 spiro atoms. The molecule has 0 fully saturated rings. The molecule has 2 N–H and O–H groups in total. The van der Waals surface area contributed by atoms with Gasteiger partial charge in [0.25, 0.3) is 0 Å². The molecule has 0 radical (unpaired) electrons. The first-order chi connectivity index (χ1) is 8.21. The molecule has 0 saturated heterocycles. The van der Waals surface area contributed by atoms with Crippen LogP contribution in [0.25, 0.3) is 0 Å². The SMILES string of the molecule is Cc1cc(F)ccc1NCC(C(=O)O)C(F)(F)F. The van der Waals surface area contributed by atoms with E-state index in [1.54, 1.807) is 0 Å². The molecule has 1 aromatic carbocycles. The van der Waals surface area contributed by atoms with Gasteiger partial charge in [-0.05, 0) is 30.7 Å². The molecule has 1 atom stereocenters. The summed E-state index contributed by atoms with van der Waals surface area (Å²) in [5.41, 5.74) is 0.674. The molecule has 0 aliphatic rings. The number of aryl methyl sites for hydroxylation is 1. The summed E-state index contributed by atoms with van der Waals surface area (Å²) in [7, 11) is 0. The number of carbonyl (C=O) groups is 1. The van der Waals surface area contributed by atoms with Crippen LogP contribution in [-0.4, -0.2) is 23.8 Å². The highest BCUT2D eigenvalue weighted by Gasteiger charge is 2.44. The summed E-state index contributed by atoms with van der Waals surface area (Å²) in [5.74, 6) is -4.96. The number of benzene rings is 1. The second-order valence-corrected chi connectivity index (χ2v) is 3.77. The van der Waals surface area contributed by atoms with Gasteiger partial charge in [0.05, 0.1) is 0 Å². The predicted octanol–water partition coefficient (Wildman–Crippen LogP) is 2.81. The van der Waals surface area contributed by atoms with Crippen molar-refractivity contribution in [2.45, 2.75) is 13.1 Å². The summed E-state index contributed by atoms with van der Waals surface area (Å²) < 4.78 is 49.8. The Morgan fingerprint density at radius 2 is 2.06 bits per heavy atom. The van der Waals surface area contributed by atoms with Crippen molar-refractivity contribution in [2.75, 3.05) is 11.9 Å². The van der Waals surface area contributed by atoms with Crippen molar-refractivity contribution in [3.63, 3.8) is 0 Å². The number of carboxylic acids is 1. The third-order valence-electron chi connectivity index (χ3n) is 2.38. The molecule has 0 aliphatic carbocycles. The number of anilines is 1. The van der Waals surface area contributed by atoms with Gasteiger partial charge in [-0.15, -0.1) is 0 Å². The lowest BCUT2D eigenvalue weighted by Gasteiger charge is -2.18. The van der Waals surface area contributed by atoms with E-state index in [1.807, 2.05) is 0 Å². The summed E-state index contributed by atoms with van der Waals surface area (Å²) in [5, 5.41) is 10.8. The molecule has 18 heavy (non-hydrogen) atoms. The van der Waals surface area contributed by atoms with Crippen LogP contribution in [0.2, 0.25) is 0 Å². The molecule has 1 rings (SSSR count). The van der Waals surface area contributed by atoms with E-state index in [0.29, 0.717) is 5.56 Å². The Labute approximate surface area is 100 Å². The highest BCUT2D eigenvalue weighted by Crippen LogP contribution is 2.27. The van der Waals surface area contributed by atoms with Crippen LogP contribution in [0.3, 0.4) is 0 Å². The molecular weight excluding hydrogens is 254 g/mol. The van der Waals surface area contributed by atoms with Gasteiger partial charge >= 0.3 is 12.1 Å². The molecule has 0 aliphatic heterocycles. The molecular formula is C11H11F4NO2. The number of alkyl halides is 3. The van der Waals surface area contributed by atoms with Crippen molar-refractivity contribution in [1.29, 1.82) is 0 Å². The Kier molecular flexibility index (Phi) is 4.15. The largest absolute Gasteiger partial charge is 0.481 e. The van der Waals surface area contributed by atoms with Gasteiger partial charge in [0.1, 0.15) is 5.82 Å². The monoisotopic (exact) mass is 265 g/mol. The second-order valence-electron chi connectivity index (χ2n) is 3.77. The zero-order valence-corrected chi connectivity index (χ0v) is 9.38. The van der Waals surface area contributed by atoms with Gasteiger partial charge in [0.15, 0.2) is 5.92 Å². The van der Waals surface area contributed by atoms with Crippen LogP contribution in [0.15, 0.2) is 18.2 Å². The minimum Gasteiger partial charge on any atom is -0.481 e. The minimum atomic E-state index is -4.83. The van der Waals surface area contributed by atoms with Crippen molar-refractivity contribution >= 4 is 11.7 Å². The number of aliphatic carboxylic acids is 1. The van der Waals surface area contributed by atoms with Crippen LogP contribution in [-0.2, 0) is 4.79 Å². The summed E-state index contributed by atoms with van der Waals surface area (Å²) in [6, 6.07) is 3.49. The van der Waals surface area contributed by atoms with Crippen LogP contribution in [0.4, 0.5) is 23.2 Å². The van der Waals surface area contributed by atoms with E-state index >= 15 is 0 Å². The third kappa shape index (κ3) is 3.61. The number of hydrogen-bond donors (Lipinski definition) is 2. The molecule has 7 heteroatoms. The van der Waals surface area contributed by atoms with Crippen LogP contribution < -0.4 is 5.32 Å². The summed E-state index contributed by atoms with van der Waals surface area (Å²) in [6.07, 6.45) is -4.83. The summed E-state index contributed by atoms with van der Waals surface area (Å²) in [4.78, 5) is 10.5. The number of halogens is 4. The van der Waals surface area contributed by atoms with E-state index in [4.69, 9.17) is 5.11 Å². The minimum absolute atomic E-state index is 0.270. The first kappa shape index (κ1) is 14.3. The fourth-order valence-corrected chi connectivity index (χ4v) is 1.38. The maximum absolute atomic E-state index is 12.8. The van der Waals surface area contributed by atoms with E-state index in [0.717, 1.165) is 12.1 Å². The maximum atomic E-state index is 12.8. The third-order valence-corrected chi connectivity index (χ3v) is 2.38. The Balaban J connectivity index is 2.77. The van der Waals surface area contributed by atoms with Gasteiger partial charge in [-0.25, -0.2) is 4.39 Å². The van der Waals surface area contributed by atoms with E-state index in [9.17, 15) is 22.4 Å². The van der Waals surface area contributed by atoms with Crippen molar-refractivity contribution in [2.24, 2.45) is 5.92 Å². The van der Waals surface area contributed by atoms with Crippen LogP contribution in [0.5, 0.6) is 0 Å². The van der Waals surface area contributed by atoms with Crippen LogP contribution >= 0.6 is 0 Å². The molecule has 0 aromatic heterocycles. The Morgan fingerprint density at radius 3 is 2.50 bits per heavy atom. The summed E-state index contributed by atoms with van der Waals surface area (Å²) in [6.45, 7) is 0.708. The molecule has 1 aromatic rings. The second kappa shape index (κ2) is 5.24. The smallest absolute Gasteiger partial charge is 0.403 e. The number of carboxylic acid groups (broad SMARTS) is 1. The zero-order chi connectivity index (χ0) is 13.9. The first-order valence-corrected chi connectivity index (χ1v) is 5.01. The number of nitrogens with one attached hydrogen (secondary N) is 1. The van der Waals surface area contributed by atoms with Crippen molar-refractivity contribution in [3.05, 3.63) is 29.6 Å². The first-order valence-electron chi connectivity index (χ1n) is 5.01. The van der Waals surface area contributed by atoms with Crippen LogP contribution in [0.1, 0.15) is 5.56 Å². The predicted molar refractivity (Wildman–Crippen MR) is 56.8 cm³/mol. The fraction of sp³-hybridized carbons (Fsp3) is 0.364. The topological polar surface area (TPSA) is 49.3 Å². The van der Waals surface area contributed by atoms with Gasteiger partial charge in [-0.2, -0.15) is 13.2 Å². The zero-order valence-electron chi connectivity index (χ0n) is 9.38. The number of hydrogen-bond acceptors (Lipinski definition) is 2. The van der Waals surface area contributed by atoms with E-state index in [1.165, 1.54) is 13.0 Å².